The number of hydrogen-bond donors (Lipinski definition) is 0. The molecule has 0 aliphatic heterocycles. The molecule has 1 aromatic heterocycles. The maximum atomic E-state index is 5.37. The van der Waals surface area contributed by atoms with Crippen molar-refractivity contribution in [3.63, 3.8) is 0 Å². The molecule has 0 saturated heterocycles. The fourth-order valence-corrected chi connectivity index (χ4v) is 1.82. The number of nitrogens with zero attached hydrogens (tertiary/aromatic N) is 1. The number of pyridine rings is 1. The summed E-state index contributed by atoms with van der Waals surface area (Å²) >= 11 is 0. The predicted molar refractivity (Wildman–Crippen MR) is 62.4 cm³/mol. The van der Waals surface area contributed by atoms with Gasteiger partial charge in [0.15, 0.2) is 0 Å². The molecule has 1 aromatic carbocycles. The van der Waals surface area contributed by atoms with Crippen molar-refractivity contribution < 1.29 is 4.74 Å². The highest BCUT2D eigenvalue weighted by Gasteiger charge is 2.05. The molecule has 0 fully saturated rings. The fourth-order valence-electron chi connectivity index (χ4n) is 1.82. The summed E-state index contributed by atoms with van der Waals surface area (Å²) in [7, 11) is 1.71. The van der Waals surface area contributed by atoms with Crippen LogP contribution in [-0.2, 0) is 6.42 Å². The molecule has 0 spiro atoms. The first-order valence-corrected chi connectivity index (χ1v) is 5.18. The molecule has 0 saturated carbocycles. The van der Waals surface area contributed by atoms with Gasteiger partial charge < -0.3 is 4.74 Å². The second-order valence-corrected chi connectivity index (χ2v) is 3.66. The first kappa shape index (κ1) is 9.97. The van der Waals surface area contributed by atoms with Crippen LogP contribution in [0.5, 0.6) is 5.75 Å². The molecule has 0 N–H and O–H groups in total. The lowest BCUT2D eigenvalue weighted by Gasteiger charge is -2.09. The summed E-state index contributed by atoms with van der Waals surface area (Å²) in [5.74, 6) is 0.959. The summed E-state index contributed by atoms with van der Waals surface area (Å²) < 4.78 is 5.37. The van der Waals surface area contributed by atoms with Gasteiger partial charge in [0, 0.05) is 11.6 Å². The zero-order chi connectivity index (χ0) is 10.8. The van der Waals surface area contributed by atoms with Gasteiger partial charge in [-0.3, -0.25) is 4.98 Å². The van der Waals surface area contributed by atoms with E-state index in [1.54, 1.807) is 7.11 Å². The largest absolute Gasteiger partial charge is 0.496 e. The van der Waals surface area contributed by atoms with Crippen LogP contribution in [-0.4, -0.2) is 12.1 Å². The average Bonchev–Trinajstić information content (AvgIpc) is 2.28. The Labute approximate surface area is 89.9 Å². The first-order valence-electron chi connectivity index (χ1n) is 5.18. The van der Waals surface area contributed by atoms with E-state index in [0.29, 0.717) is 0 Å². The number of methoxy groups -OCH3 is 1. The van der Waals surface area contributed by atoms with Crippen LogP contribution < -0.4 is 4.74 Å². The Morgan fingerprint density at radius 3 is 2.80 bits per heavy atom. The monoisotopic (exact) mass is 201 g/mol. The quantitative estimate of drug-likeness (QED) is 0.744. The standard InChI is InChI=1S/C13H15NO/c1-4-10-7-12-11(8-13(10)15-3)9(2)5-6-14-12/h5-8H,4H2,1-3H3. The van der Waals surface area contributed by atoms with E-state index in [9.17, 15) is 0 Å². The molecule has 0 aliphatic rings. The zero-order valence-electron chi connectivity index (χ0n) is 9.37. The van der Waals surface area contributed by atoms with Crippen LogP contribution >= 0.6 is 0 Å². The average molecular weight is 201 g/mol. The minimum absolute atomic E-state index is 0.959. The first-order chi connectivity index (χ1) is 7.26. The van der Waals surface area contributed by atoms with Crippen LogP contribution in [0.25, 0.3) is 10.9 Å². The van der Waals surface area contributed by atoms with Gasteiger partial charge in [0.2, 0.25) is 0 Å². The van der Waals surface area contributed by atoms with E-state index < -0.39 is 0 Å². The van der Waals surface area contributed by atoms with Gasteiger partial charge in [-0.05, 0) is 42.7 Å². The van der Waals surface area contributed by atoms with E-state index in [2.05, 4.69) is 31.0 Å². The number of ether oxygens (including phenoxy) is 1. The Bertz CT molecular complexity index is 491. The van der Waals surface area contributed by atoms with E-state index in [4.69, 9.17) is 4.74 Å². The number of fused-ring (bicyclic) bond motifs is 1. The molecule has 1 heterocycles. The van der Waals surface area contributed by atoms with Gasteiger partial charge in [0.25, 0.3) is 0 Å². The van der Waals surface area contributed by atoms with E-state index in [1.165, 1.54) is 16.5 Å². The van der Waals surface area contributed by atoms with Crippen LogP contribution in [0.3, 0.4) is 0 Å². The third kappa shape index (κ3) is 1.67. The fraction of sp³-hybridized carbons (Fsp3) is 0.308. The van der Waals surface area contributed by atoms with Crippen molar-refractivity contribution in [1.29, 1.82) is 0 Å². The summed E-state index contributed by atoms with van der Waals surface area (Å²) in [6, 6.07) is 6.21. The molecule has 2 aromatic rings. The molecule has 0 bridgehead atoms. The highest BCUT2D eigenvalue weighted by Crippen LogP contribution is 2.26. The maximum absolute atomic E-state index is 5.37. The SMILES string of the molecule is CCc1cc2nccc(C)c2cc1OC. The van der Waals surface area contributed by atoms with E-state index in [1.807, 2.05) is 12.3 Å². The van der Waals surface area contributed by atoms with Crippen LogP contribution in [0.1, 0.15) is 18.1 Å². The molecule has 0 unspecified atom stereocenters. The lowest BCUT2D eigenvalue weighted by Crippen LogP contribution is -1.92. The van der Waals surface area contributed by atoms with Gasteiger partial charge in [0.05, 0.1) is 12.6 Å². The number of aryl methyl sites for hydroxylation is 2. The summed E-state index contributed by atoms with van der Waals surface area (Å²) in [6.07, 6.45) is 2.82. The lowest BCUT2D eigenvalue weighted by molar-refractivity contribution is 0.411. The Morgan fingerprint density at radius 1 is 1.33 bits per heavy atom. The summed E-state index contributed by atoms with van der Waals surface area (Å²) in [5.41, 5.74) is 3.50. The second kappa shape index (κ2) is 3.89. The van der Waals surface area contributed by atoms with Crippen LogP contribution in [0.15, 0.2) is 24.4 Å². The van der Waals surface area contributed by atoms with Crippen molar-refractivity contribution in [2.75, 3.05) is 7.11 Å². The molecule has 0 aliphatic carbocycles. The van der Waals surface area contributed by atoms with Gasteiger partial charge >= 0.3 is 0 Å². The van der Waals surface area contributed by atoms with Crippen molar-refractivity contribution >= 4 is 10.9 Å². The molecule has 2 nitrogen and oxygen atoms in total. The molecule has 0 amide bonds. The number of aromatic nitrogens is 1. The van der Waals surface area contributed by atoms with Crippen molar-refractivity contribution in [3.8, 4) is 5.75 Å². The van der Waals surface area contributed by atoms with E-state index >= 15 is 0 Å². The van der Waals surface area contributed by atoms with Gasteiger partial charge in [0.1, 0.15) is 5.75 Å². The summed E-state index contributed by atoms with van der Waals surface area (Å²) in [4.78, 5) is 4.37. The molecular formula is C13H15NO. The van der Waals surface area contributed by atoms with Gasteiger partial charge in [-0.2, -0.15) is 0 Å². The molecule has 2 heteroatoms. The Morgan fingerprint density at radius 2 is 2.13 bits per heavy atom. The summed E-state index contributed by atoms with van der Waals surface area (Å²) in [6.45, 7) is 4.22. The minimum Gasteiger partial charge on any atom is -0.496 e. The molecule has 0 radical (unpaired) electrons. The van der Waals surface area contributed by atoms with E-state index in [-0.39, 0.29) is 0 Å². The number of benzene rings is 1. The minimum atomic E-state index is 0.959. The lowest BCUT2D eigenvalue weighted by atomic mass is 10.0. The van der Waals surface area contributed by atoms with Gasteiger partial charge in [-0.25, -0.2) is 0 Å². The Kier molecular flexibility index (Phi) is 2.58. The molecule has 0 atom stereocenters. The summed E-state index contributed by atoms with van der Waals surface area (Å²) in [5, 5.41) is 1.17. The number of hydrogen-bond acceptors (Lipinski definition) is 2. The molecular weight excluding hydrogens is 186 g/mol. The van der Waals surface area contributed by atoms with Gasteiger partial charge in [-0.1, -0.05) is 6.92 Å². The predicted octanol–water partition coefficient (Wildman–Crippen LogP) is 3.11. The smallest absolute Gasteiger partial charge is 0.122 e. The van der Waals surface area contributed by atoms with Crippen molar-refractivity contribution in [3.05, 3.63) is 35.5 Å². The topological polar surface area (TPSA) is 22.1 Å². The third-order valence-corrected chi connectivity index (χ3v) is 2.74. The van der Waals surface area contributed by atoms with Crippen molar-refractivity contribution in [2.24, 2.45) is 0 Å². The highest BCUT2D eigenvalue weighted by atomic mass is 16.5. The molecule has 2 rings (SSSR count). The zero-order valence-corrected chi connectivity index (χ0v) is 9.37. The maximum Gasteiger partial charge on any atom is 0.122 e. The van der Waals surface area contributed by atoms with Crippen molar-refractivity contribution in [1.82, 2.24) is 4.98 Å². The van der Waals surface area contributed by atoms with Crippen LogP contribution in [0.4, 0.5) is 0 Å². The third-order valence-electron chi connectivity index (χ3n) is 2.74. The second-order valence-electron chi connectivity index (χ2n) is 3.66. The Balaban J connectivity index is 2.75. The highest BCUT2D eigenvalue weighted by molar-refractivity contribution is 5.84. The van der Waals surface area contributed by atoms with Gasteiger partial charge in [-0.15, -0.1) is 0 Å². The van der Waals surface area contributed by atoms with E-state index in [0.717, 1.165) is 17.7 Å². The van der Waals surface area contributed by atoms with Crippen molar-refractivity contribution in [2.45, 2.75) is 20.3 Å². The normalized spacial score (nSPS) is 10.6. The number of rotatable bonds is 2. The molecule has 15 heavy (non-hydrogen) atoms. The Hall–Kier alpha value is -1.57. The van der Waals surface area contributed by atoms with Crippen LogP contribution in [0.2, 0.25) is 0 Å². The molecule has 78 valence electrons. The van der Waals surface area contributed by atoms with Crippen LogP contribution in [0, 0.1) is 6.92 Å².